The zero-order valence-electron chi connectivity index (χ0n) is 11.4. The van der Waals surface area contributed by atoms with Gasteiger partial charge in [-0.15, -0.1) is 0 Å². The number of rotatable bonds is 9. The molecule has 1 atom stereocenters. The lowest BCUT2D eigenvalue weighted by Gasteiger charge is -2.18. The average Bonchev–Trinajstić information content (AvgIpc) is 2.32. The molecule has 0 aromatic heterocycles. The second kappa shape index (κ2) is 10.2. The van der Waals surface area contributed by atoms with Crippen LogP contribution < -0.4 is 11.1 Å². The molecule has 0 radical (unpaired) electrons. The summed E-state index contributed by atoms with van der Waals surface area (Å²) in [5, 5.41) is 2.71. The van der Waals surface area contributed by atoms with E-state index in [0.717, 1.165) is 12.2 Å². The Labute approximate surface area is 113 Å². The number of amides is 1. The van der Waals surface area contributed by atoms with Crippen molar-refractivity contribution in [3.05, 3.63) is 0 Å². The summed E-state index contributed by atoms with van der Waals surface area (Å²) in [7, 11) is 1.33. The van der Waals surface area contributed by atoms with Crippen LogP contribution in [-0.2, 0) is 14.3 Å². The molecular formula is C12H24N2O3S. The summed E-state index contributed by atoms with van der Waals surface area (Å²) in [4.78, 5) is 23.1. The van der Waals surface area contributed by atoms with E-state index in [9.17, 15) is 9.59 Å². The first-order chi connectivity index (χ1) is 8.51. The molecular weight excluding hydrogens is 252 g/mol. The second-order valence-corrected chi connectivity index (χ2v) is 5.57. The number of hydrogen-bond donors (Lipinski definition) is 2. The summed E-state index contributed by atoms with van der Waals surface area (Å²) in [5.41, 5.74) is 5.36. The van der Waals surface area contributed by atoms with Crippen LogP contribution in [-0.4, -0.2) is 43.1 Å². The summed E-state index contributed by atoms with van der Waals surface area (Å²) < 4.78 is 4.68. The number of ether oxygens (including phenoxy) is 1. The van der Waals surface area contributed by atoms with Crippen molar-refractivity contribution in [2.75, 3.05) is 25.2 Å². The number of methoxy groups -OCH3 is 1. The fourth-order valence-electron chi connectivity index (χ4n) is 1.41. The van der Waals surface area contributed by atoms with Crippen molar-refractivity contribution in [2.45, 2.75) is 32.7 Å². The van der Waals surface area contributed by atoms with E-state index in [0.29, 0.717) is 24.6 Å². The maximum absolute atomic E-state index is 11.6. The molecule has 0 spiro atoms. The Morgan fingerprint density at radius 1 is 1.39 bits per heavy atom. The van der Waals surface area contributed by atoms with E-state index >= 15 is 0 Å². The number of thioether (sulfide) groups is 1. The molecule has 1 amide bonds. The van der Waals surface area contributed by atoms with E-state index in [2.05, 4.69) is 10.1 Å². The molecule has 0 saturated carbocycles. The monoisotopic (exact) mass is 276 g/mol. The van der Waals surface area contributed by atoms with Crippen LogP contribution in [0.3, 0.4) is 0 Å². The van der Waals surface area contributed by atoms with Crippen LogP contribution in [0.1, 0.15) is 26.7 Å². The highest BCUT2D eigenvalue weighted by atomic mass is 32.2. The fourth-order valence-corrected chi connectivity index (χ4v) is 2.20. The minimum Gasteiger partial charge on any atom is -0.467 e. The van der Waals surface area contributed by atoms with Crippen LogP contribution in [0.5, 0.6) is 0 Å². The van der Waals surface area contributed by atoms with Gasteiger partial charge in [0.2, 0.25) is 5.91 Å². The molecule has 6 heteroatoms. The van der Waals surface area contributed by atoms with E-state index in [-0.39, 0.29) is 11.9 Å². The first-order valence-corrected chi connectivity index (χ1v) is 7.31. The van der Waals surface area contributed by atoms with E-state index in [1.807, 2.05) is 13.8 Å². The van der Waals surface area contributed by atoms with Crippen LogP contribution in [0.25, 0.3) is 0 Å². The van der Waals surface area contributed by atoms with Crippen molar-refractivity contribution in [1.82, 2.24) is 5.32 Å². The lowest BCUT2D eigenvalue weighted by Crippen LogP contribution is -2.43. The van der Waals surface area contributed by atoms with Gasteiger partial charge >= 0.3 is 5.97 Å². The molecule has 0 aliphatic heterocycles. The van der Waals surface area contributed by atoms with Crippen LogP contribution in [0.4, 0.5) is 0 Å². The maximum Gasteiger partial charge on any atom is 0.328 e. The molecule has 0 heterocycles. The highest BCUT2D eigenvalue weighted by Crippen LogP contribution is 2.07. The third kappa shape index (κ3) is 8.36. The van der Waals surface area contributed by atoms with E-state index in [1.165, 1.54) is 18.9 Å². The van der Waals surface area contributed by atoms with Crippen LogP contribution >= 0.6 is 11.8 Å². The molecule has 0 rings (SSSR count). The molecule has 106 valence electrons. The van der Waals surface area contributed by atoms with Crippen molar-refractivity contribution >= 4 is 23.6 Å². The lowest BCUT2D eigenvalue weighted by atomic mass is 10.0. The van der Waals surface area contributed by atoms with Crippen molar-refractivity contribution in [3.8, 4) is 0 Å². The van der Waals surface area contributed by atoms with Gasteiger partial charge in [0.25, 0.3) is 0 Å². The molecule has 18 heavy (non-hydrogen) atoms. The third-order valence-electron chi connectivity index (χ3n) is 2.25. The first kappa shape index (κ1) is 17.2. The fraction of sp³-hybridized carbons (Fsp3) is 0.833. The van der Waals surface area contributed by atoms with E-state index in [4.69, 9.17) is 5.73 Å². The molecule has 0 aliphatic carbocycles. The first-order valence-electron chi connectivity index (χ1n) is 6.16. The zero-order valence-corrected chi connectivity index (χ0v) is 12.2. The van der Waals surface area contributed by atoms with Crippen LogP contribution in [0.2, 0.25) is 0 Å². The molecule has 0 aromatic carbocycles. The third-order valence-corrected chi connectivity index (χ3v) is 3.30. The molecule has 3 N–H and O–H groups in total. The highest BCUT2D eigenvalue weighted by Gasteiger charge is 2.22. The minimum absolute atomic E-state index is 0.131. The summed E-state index contributed by atoms with van der Waals surface area (Å²) >= 11 is 1.52. The largest absolute Gasteiger partial charge is 0.467 e. The maximum atomic E-state index is 11.6. The number of nitrogens with one attached hydrogen (secondary N) is 1. The van der Waals surface area contributed by atoms with Gasteiger partial charge in [0.05, 0.1) is 12.9 Å². The summed E-state index contributed by atoms with van der Waals surface area (Å²) in [6.07, 6.45) is 1.48. The van der Waals surface area contributed by atoms with Crippen molar-refractivity contribution in [2.24, 2.45) is 11.7 Å². The molecule has 0 aromatic rings. The Hall–Kier alpha value is -0.750. The molecule has 5 nitrogen and oxygen atoms in total. The number of carbonyl (C=O) groups is 2. The molecule has 0 bridgehead atoms. The Morgan fingerprint density at radius 2 is 2.06 bits per heavy atom. The molecule has 1 unspecified atom stereocenters. The van der Waals surface area contributed by atoms with Gasteiger partial charge in [0.15, 0.2) is 0 Å². The van der Waals surface area contributed by atoms with Crippen LogP contribution in [0, 0.1) is 5.92 Å². The normalized spacial score (nSPS) is 12.3. The predicted octanol–water partition coefficient (Wildman–Crippen LogP) is 0.772. The van der Waals surface area contributed by atoms with E-state index < -0.39 is 6.04 Å². The number of carbonyl (C=O) groups excluding carboxylic acids is 2. The Balaban J connectivity index is 4.06. The van der Waals surface area contributed by atoms with Gasteiger partial charge in [0.1, 0.15) is 6.04 Å². The van der Waals surface area contributed by atoms with Gasteiger partial charge in [-0.3, -0.25) is 4.79 Å². The number of hydrogen-bond acceptors (Lipinski definition) is 5. The standard InChI is InChI=1S/C12H24N2O3S/c1-9(2)7-10(12(16)17-3)14-11(15)8-18-6-4-5-13/h9-10H,4-8,13H2,1-3H3,(H,14,15). The highest BCUT2D eigenvalue weighted by molar-refractivity contribution is 7.99. The topological polar surface area (TPSA) is 81.4 Å². The smallest absolute Gasteiger partial charge is 0.328 e. The van der Waals surface area contributed by atoms with Gasteiger partial charge in [-0.1, -0.05) is 13.8 Å². The van der Waals surface area contributed by atoms with Crippen molar-refractivity contribution in [1.29, 1.82) is 0 Å². The van der Waals surface area contributed by atoms with Gasteiger partial charge in [-0.2, -0.15) is 11.8 Å². The zero-order chi connectivity index (χ0) is 14.0. The van der Waals surface area contributed by atoms with E-state index in [1.54, 1.807) is 0 Å². The SMILES string of the molecule is COC(=O)C(CC(C)C)NC(=O)CSCCCN. The summed E-state index contributed by atoms with van der Waals surface area (Å²) in [6.45, 7) is 4.63. The Kier molecular flexibility index (Phi) is 9.77. The average molecular weight is 276 g/mol. The van der Waals surface area contributed by atoms with Gasteiger partial charge < -0.3 is 15.8 Å². The van der Waals surface area contributed by atoms with Crippen LogP contribution in [0.15, 0.2) is 0 Å². The lowest BCUT2D eigenvalue weighted by molar-refractivity contribution is -0.145. The van der Waals surface area contributed by atoms with Gasteiger partial charge in [-0.25, -0.2) is 4.79 Å². The quantitative estimate of drug-likeness (QED) is 0.480. The summed E-state index contributed by atoms with van der Waals surface area (Å²) in [5.74, 6) is 1.01. The van der Waals surface area contributed by atoms with Crippen molar-refractivity contribution in [3.63, 3.8) is 0 Å². The number of esters is 1. The Morgan fingerprint density at radius 3 is 2.56 bits per heavy atom. The molecule has 0 saturated heterocycles. The molecule has 0 fully saturated rings. The molecule has 0 aliphatic rings. The van der Waals surface area contributed by atoms with Gasteiger partial charge in [-0.05, 0) is 31.1 Å². The van der Waals surface area contributed by atoms with Gasteiger partial charge in [0, 0.05) is 0 Å². The second-order valence-electron chi connectivity index (χ2n) is 4.47. The van der Waals surface area contributed by atoms with Crippen molar-refractivity contribution < 1.29 is 14.3 Å². The Bertz CT molecular complexity index is 260. The minimum atomic E-state index is -0.544. The predicted molar refractivity (Wildman–Crippen MR) is 74.4 cm³/mol. The summed E-state index contributed by atoms with van der Waals surface area (Å²) in [6, 6.07) is -0.544. The number of nitrogens with two attached hydrogens (primary N) is 1.